The highest BCUT2D eigenvalue weighted by Crippen LogP contribution is 2.19. The molecule has 0 saturated heterocycles. The molecule has 1 atom stereocenters. The second kappa shape index (κ2) is 6.72. The second-order valence-electron chi connectivity index (χ2n) is 3.96. The molecule has 0 radical (unpaired) electrons. The standard InChI is InChI=1S/C12H19NO4S/c1-13-10(6-7-14)9-18(15,16)12-5-3-4-11(8-12)17-2/h3-5,8,10,13-14H,6-7,9H2,1-2H3. The van der Waals surface area contributed by atoms with Crippen LogP contribution < -0.4 is 10.1 Å². The van der Waals surface area contributed by atoms with Gasteiger partial charge >= 0.3 is 0 Å². The van der Waals surface area contributed by atoms with E-state index in [1.54, 1.807) is 25.2 Å². The topological polar surface area (TPSA) is 75.6 Å². The summed E-state index contributed by atoms with van der Waals surface area (Å²) < 4.78 is 29.3. The molecule has 0 amide bonds. The number of benzene rings is 1. The highest BCUT2D eigenvalue weighted by atomic mass is 32.2. The Morgan fingerprint density at radius 3 is 2.72 bits per heavy atom. The van der Waals surface area contributed by atoms with Crippen molar-refractivity contribution in [1.82, 2.24) is 5.32 Å². The molecule has 0 heterocycles. The molecule has 0 saturated carbocycles. The van der Waals surface area contributed by atoms with E-state index in [0.29, 0.717) is 12.2 Å². The van der Waals surface area contributed by atoms with Crippen LogP contribution in [-0.4, -0.2) is 46.1 Å². The first kappa shape index (κ1) is 14.9. The molecule has 1 unspecified atom stereocenters. The zero-order valence-corrected chi connectivity index (χ0v) is 11.4. The van der Waals surface area contributed by atoms with Gasteiger partial charge in [-0.3, -0.25) is 0 Å². The number of sulfone groups is 1. The normalized spacial score (nSPS) is 13.3. The summed E-state index contributed by atoms with van der Waals surface area (Å²) in [5.74, 6) is 0.469. The summed E-state index contributed by atoms with van der Waals surface area (Å²) in [6.45, 7) is -0.0425. The molecule has 0 aliphatic rings. The van der Waals surface area contributed by atoms with Gasteiger partial charge in [-0.25, -0.2) is 8.42 Å². The number of nitrogens with one attached hydrogen (secondary N) is 1. The van der Waals surface area contributed by atoms with Gasteiger partial charge < -0.3 is 15.2 Å². The molecule has 0 fully saturated rings. The highest BCUT2D eigenvalue weighted by molar-refractivity contribution is 7.91. The van der Waals surface area contributed by atoms with Crippen LogP contribution in [0.2, 0.25) is 0 Å². The van der Waals surface area contributed by atoms with E-state index >= 15 is 0 Å². The van der Waals surface area contributed by atoms with Gasteiger partial charge in [-0.15, -0.1) is 0 Å². The van der Waals surface area contributed by atoms with Crippen LogP contribution in [0.3, 0.4) is 0 Å². The van der Waals surface area contributed by atoms with E-state index in [9.17, 15) is 8.42 Å². The summed E-state index contributed by atoms with van der Waals surface area (Å²) in [6, 6.07) is 6.13. The highest BCUT2D eigenvalue weighted by Gasteiger charge is 2.20. The van der Waals surface area contributed by atoms with Crippen molar-refractivity contribution in [3.05, 3.63) is 24.3 Å². The Morgan fingerprint density at radius 1 is 1.44 bits per heavy atom. The third-order valence-electron chi connectivity index (χ3n) is 2.71. The molecule has 102 valence electrons. The summed E-state index contributed by atoms with van der Waals surface area (Å²) >= 11 is 0. The van der Waals surface area contributed by atoms with Crippen LogP contribution in [0.25, 0.3) is 0 Å². The average Bonchev–Trinajstić information content (AvgIpc) is 2.38. The number of hydrogen-bond donors (Lipinski definition) is 2. The Hall–Kier alpha value is -1.11. The summed E-state index contributed by atoms with van der Waals surface area (Å²) in [5.41, 5.74) is 0. The van der Waals surface area contributed by atoms with E-state index in [2.05, 4.69) is 5.32 Å². The van der Waals surface area contributed by atoms with Crippen molar-refractivity contribution in [2.24, 2.45) is 0 Å². The predicted molar refractivity (Wildman–Crippen MR) is 69.6 cm³/mol. The lowest BCUT2D eigenvalue weighted by Gasteiger charge is -2.15. The minimum Gasteiger partial charge on any atom is -0.497 e. The van der Waals surface area contributed by atoms with E-state index in [-0.39, 0.29) is 23.3 Å². The quantitative estimate of drug-likeness (QED) is 0.754. The molecular weight excluding hydrogens is 254 g/mol. The number of methoxy groups -OCH3 is 1. The number of rotatable bonds is 7. The Kier molecular flexibility index (Phi) is 5.58. The molecule has 18 heavy (non-hydrogen) atoms. The van der Waals surface area contributed by atoms with Gasteiger partial charge in [0.05, 0.1) is 17.8 Å². The van der Waals surface area contributed by atoms with Gasteiger partial charge in [-0.2, -0.15) is 0 Å². The molecule has 0 bridgehead atoms. The maximum Gasteiger partial charge on any atom is 0.180 e. The Bertz CT molecular complexity index is 473. The molecule has 0 aliphatic carbocycles. The van der Waals surface area contributed by atoms with Crippen molar-refractivity contribution in [3.63, 3.8) is 0 Å². The number of hydrogen-bond acceptors (Lipinski definition) is 5. The Labute approximate surface area is 108 Å². The predicted octanol–water partition coefficient (Wildman–Crippen LogP) is 0.439. The molecule has 0 spiro atoms. The summed E-state index contributed by atoms with van der Waals surface area (Å²) in [5, 5.41) is 11.7. The van der Waals surface area contributed by atoms with Crippen LogP contribution in [0.4, 0.5) is 0 Å². The van der Waals surface area contributed by atoms with Gasteiger partial charge in [-0.05, 0) is 31.7 Å². The lowest BCUT2D eigenvalue weighted by atomic mass is 10.2. The van der Waals surface area contributed by atoms with Gasteiger partial charge in [0, 0.05) is 12.6 Å². The third-order valence-corrected chi connectivity index (χ3v) is 4.52. The Morgan fingerprint density at radius 2 is 2.17 bits per heavy atom. The van der Waals surface area contributed by atoms with Crippen LogP contribution in [0.5, 0.6) is 5.75 Å². The number of aliphatic hydroxyl groups excluding tert-OH is 1. The molecular formula is C12H19NO4S. The largest absolute Gasteiger partial charge is 0.497 e. The van der Waals surface area contributed by atoms with Gasteiger partial charge in [-0.1, -0.05) is 6.07 Å². The third kappa shape index (κ3) is 3.97. The fourth-order valence-corrected chi connectivity index (χ4v) is 3.26. The van der Waals surface area contributed by atoms with E-state index in [0.717, 1.165) is 0 Å². The van der Waals surface area contributed by atoms with Crippen molar-refractivity contribution in [3.8, 4) is 5.75 Å². The smallest absolute Gasteiger partial charge is 0.180 e. The first-order valence-electron chi connectivity index (χ1n) is 5.68. The van der Waals surface area contributed by atoms with Crippen LogP contribution in [0, 0.1) is 0 Å². The van der Waals surface area contributed by atoms with Gasteiger partial charge in [0.15, 0.2) is 9.84 Å². The Balaban J connectivity index is 2.91. The van der Waals surface area contributed by atoms with Crippen LogP contribution in [0.15, 0.2) is 29.2 Å². The molecule has 1 rings (SSSR count). The van der Waals surface area contributed by atoms with Crippen molar-refractivity contribution in [2.75, 3.05) is 26.5 Å². The SMILES string of the molecule is CNC(CCO)CS(=O)(=O)c1cccc(OC)c1. The minimum atomic E-state index is -3.38. The van der Waals surface area contributed by atoms with E-state index in [4.69, 9.17) is 9.84 Å². The molecule has 2 N–H and O–H groups in total. The van der Waals surface area contributed by atoms with Crippen molar-refractivity contribution >= 4 is 9.84 Å². The monoisotopic (exact) mass is 273 g/mol. The minimum absolute atomic E-state index is 0.0425. The molecule has 0 aliphatic heterocycles. The average molecular weight is 273 g/mol. The zero-order valence-electron chi connectivity index (χ0n) is 10.6. The molecule has 6 heteroatoms. The fourth-order valence-electron chi connectivity index (χ4n) is 1.62. The van der Waals surface area contributed by atoms with Crippen molar-refractivity contribution in [1.29, 1.82) is 0 Å². The lowest BCUT2D eigenvalue weighted by Crippen LogP contribution is -2.33. The summed E-state index contributed by atoms with van der Waals surface area (Å²) in [6.07, 6.45) is 0.402. The van der Waals surface area contributed by atoms with E-state index in [1.165, 1.54) is 13.2 Å². The van der Waals surface area contributed by atoms with Crippen LogP contribution in [0.1, 0.15) is 6.42 Å². The maximum atomic E-state index is 12.2. The van der Waals surface area contributed by atoms with Crippen molar-refractivity contribution in [2.45, 2.75) is 17.4 Å². The van der Waals surface area contributed by atoms with E-state index < -0.39 is 9.84 Å². The second-order valence-corrected chi connectivity index (χ2v) is 5.99. The van der Waals surface area contributed by atoms with Gasteiger partial charge in [0.1, 0.15) is 5.75 Å². The summed E-state index contributed by atoms with van der Waals surface area (Å²) in [7, 11) is -0.204. The molecule has 1 aromatic carbocycles. The first-order chi connectivity index (χ1) is 8.53. The molecule has 5 nitrogen and oxygen atoms in total. The molecule has 0 aromatic heterocycles. The maximum absolute atomic E-state index is 12.2. The van der Waals surface area contributed by atoms with Gasteiger partial charge in [0.2, 0.25) is 0 Å². The summed E-state index contributed by atoms with van der Waals surface area (Å²) in [4.78, 5) is 0.236. The lowest BCUT2D eigenvalue weighted by molar-refractivity contribution is 0.272. The van der Waals surface area contributed by atoms with E-state index in [1.807, 2.05) is 0 Å². The van der Waals surface area contributed by atoms with Crippen LogP contribution >= 0.6 is 0 Å². The fraction of sp³-hybridized carbons (Fsp3) is 0.500. The number of aliphatic hydroxyl groups is 1. The van der Waals surface area contributed by atoms with Gasteiger partial charge in [0.25, 0.3) is 0 Å². The zero-order chi connectivity index (χ0) is 13.6. The van der Waals surface area contributed by atoms with Crippen LogP contribution in [-0.2, 0) is 9.84 Å². The van der Waals surface area contributed by atoms with Crippen molar-refractivity contribution < 1.29 is 18.3 Å². The molecule has 1 aromatic rings. The number of ether oxygens (including phenoxy) is 1. The first-order valence-corrected chi connectivity index (χ1v) is 7.33.